The van der Waals surface area contributed by atoms with Crippen LogP contribution in [-0.2, 0) is 4.79 Å². The van der Waals surface area contributed by atoms with Gasteiger partial charge in [0.2, 0.25) is 5.91 Å². The van der Waals surface area contributed by atoms with Crippen molar-refractivity contribution in [1.29, 1.82) is 0 Å². The maximum atomic E-state index is 14.3. The van der Waals surface area contributed by atoms with Crippen LogP contribution >= 0.6 is 0 Å². The second-order valence-corrected chi connectivity index (χ2v) is 6.90. The summed E-state index contributed by atoms with van der Waals surface area (Å²) >= 11 is 0. The lowest BCUT2D eigenvalue weighted by Crippen LogP contribution is -2.24. The molecule has 0 aliphatic carbocycles. The molecule has 0 spiro atoms. The van der Waals surface area contributed by atoms with Gasteiger partial charge in [-0.05, 0) is 50.1 Å². The number of likely N-dealkylation sites (N-methyl/N-ethyl adjacent to an activating group) is 1. The molecule has 1 amide bonds. The van der Waals surface area contributed by atoms with Crippen LogP contribution in [0.15, 0.2) is 42.7 Å². The van der Waals surface area contributed by atoms with Gasteiger partial charge in [0.15, 0.2) is 5.65 Å². The average molecular weight is 397 g/mol. The topological polar surface area (TPSA) is 62.5 Å². The van der Waals surface area contributed by atoms with E-state index in [4.69, 9.17) is 4.98 Å². The lowest BCUT2D eigenvalue weighted by molar-refractivity contribution is -0.116. The Kier molecular flexibility index (Phi) is 5.24. The molecule has 6 nitrogen and oxygen atoms in total. The minimum atomic E-state index is -0.453. The quantitative estimate of drug-likeness (QED) is 0.670. The number of anilines is 1. The van der Waals surface area contributed by atoms with Crippen molar-refractivity contribution >= 4 is 23.4 Å². The van der Waals surface area contributed by atoms with Crippen LogP contribution in [-0.4, -0.2) is 33.6 Å². The van der Waals surface area contributed by atoms with Crippen molar-refractivity contribution in [3.8, 4) is 0 Å². The Morgan fingerprint density at radius 1 is 1.34 bits per heavy atom. The van der Waals surface area contributed by atoms with Crippen LogP contribution in [0.4, 0.5) is 14.6 Å². The highest BCUT2D eigenvalue weighted by Gasteiger charge is 2.29. The Balaban J connectivity index is 1.67. The van der Waals surface area contributed by atoms with Gasteiger partial charge in [-0.3, -0.25) is 4.79 Å². The molecule has 1 atom stereocenters. The third-order valence-corrected chi connectivity index (χ3v) is 5.01. The van der Waals surface area contributed by atoms with Gasteiger partial charge in [0.05, 0.1) is 12.2 Å². The summed E-state index contributed by atoms with van der Waals surface area (Å²) in [6.07, 6.45) is 8.09. The predicted octanol–water partition coefficient (Wildman–Crippen LogP) is 3.50. The highest BCUT2D eigenvalue weighted by molar-refractivity contribution is 5.92. The maximum absolute atomic E-state index is 14.3. The molecule has 3 aromatic rings. The molecular formula is C21H21F2N5O. The zero-order chi connectivity index (χ0) is 20.4. The number of halogens is 2. The highest BCUT2D eigenvalue weighted by atomic mass is 19.1. The zero-order valence-corrected chi connectivity index (χ0v) is 16.0. The fraction of sp³-hybridized carbons (Fsp3) is 0.286. The van der Waals surface area contributed by atoms with E-state index < -0.39 is 11.6 Å². The first kappa shape index (κ1) is 19.0. The SMILES string of the molecule is CCNC(=O)C=Cc1cnn2ccc(N3CCCC3c3cc(F)ccc3F)nc12. The Labute approximate surface area is 166 Å². The van der Waals surface area contributed by atoms with Crippen LogP contribution in [0.1, 0.15) is 36.9 Å². The number of nitrogens with zero attached hydrogens (tertiary/aromatic N) is 4. The number of carbonyl (C=O) groups excluding carboxylic acids is 1. The number of nitrogens with one attached hydrogen (secondary N) is 1. The van der Waals surface area contributed by atoms with Gasteiger partial charge in [-0.2, -0.15) is 5.10 Å². The number of benzene rings is 1. The summed E-state index contributed by atoms with van der Waals surface area (Å²) < 4.78 is 29.7. The van der Waals surface area contributed by atoms with Gasteiger partial charge in [-0.1, -0.05) is 0 Å². The van der Waals surface area contributed by atoms with Gasteiger partial charge in [-0.15, -0.1) is 0 Å². The normalized spacial score (nSPS) is 16.8. The second-order valence-electron chi connectivity index (χ2n) is 6.90. The summed E-state index contributed by atoms with van der Waals surface area (Å²) in [7, 11) is 0. The van der Waals surface area contributed by atoms with Crippen LogP contribution in [0.25, 0.3) is 11.7 Å². The largest absolute Gasteiger partial charge is 0.353 e. The van der Waals surface area contributed by atoms with Crippen molar-refractivity contribution in [3.63, 3.8) is 0 Å². The van der Waals surface area contributed by atoms with Crippen molar-refractivity contribution in [2.75, 3.05) is 18.0 Å². The number of aromatic nitrogens is 3. The third-order valence-electron chi connectivity index (χ3n) is 5.01. The molecule has 1 fully saturated rings. The molecule has 1 aromatic carbocycles. The van der Waals surface area contributed by atoms with Crippen LogP contribution in [0.2, 0.25) is 0 Å². The smallest absolute Gasteiger partial charge is 0.243 e. The molecule has 1 aliphatic heterocycles. The minimum Gasteiger partial charge on any atom is -0.353 e. The number of carbonyl (C=O) groups is 1. The summed E-state index contributed by atoms with van der Waals surface area (Å²) in [6, 6.07) is 5.09. The van der Waals surface area contributed by atoms with E-state index in [0.29, 0.717) is 35.7 Å². The van der Waals surface area contributed by atoms with E-state index in [1.54, 1.807) is 23.0 Å². The van der Waals surface area contributed by atoms with Crippen molar-refractivity contribution in [1.82, 2.24) is 19.9 Å². The fourth-order valence-corrected chi connectivity index (χ4v) is 3.69. The number of hydrogen-bond acceptors (Lipinski definition) is 4. The van der Waals surface area contributed by atoms with E-state index in [-0.39, 0.29) is 11.9 Å². The maximum Gasteiger partial charge on any atom is 0.243 e. The first-order valence-electron chi connectivity index (χ1n) is 9.58. The number of amides is 1. The van der Waals surface area contributed by atoms with E-state index in [1.807, 2.05) is 17.9 Å². The standard InChI is InChI=1S/C21H21F2N5O/c1-2-24-20(29)8-5-14-13-25-28-11-9-19(26-21(14)28)27-10-3-4-18(27)16-12-15(22)6-7-17(16)23/h5-9,11-13,18H,2-4,10H2,1H3,(H,24,29). The molecule has 8 heteroatoms. The monoisotopic (exact) mass is 397 g/mol. The fourth-order valence-electron chi connectivity index (χ4n) is 3.69. The summed E-state index contributed by atoms with van der Waals surface area (Å²) in [4.78, 5) is 18.4. The number of hydrogen-bond donors (Lipinski definition) is 1. The van der Waals surface area contributed by atoms with Crippen LogP contribution in [0.3, 0.4) is 0 Å². The summed E-state index contributed by atoms with van der Waals surface area (Å²) in [5, 5.41) is 6.95. The lowest BCUT2D eigenvalue weighted by Gasteiger charge is -2.26. The van der Waals surface area contributed by atoms with Crippen molar-refractivity contribution in [2.24, 2.45) is 0 Å². The highest BCUT2D eigenvalue weighted by Crippen LogP contribution is 2.36. The summed E-state index contributed by atoms with van der Waals surface area (Å²) in [6.45, 7) is 3.10. The van der Waals surface area contributed by atoms with Crippen molar-refractivity contribution in [3.05, 3.63) is 65.5 Å². The molecule has 29 heavy (non-hydrogen) atoms. The third kappa shape index (κ3) is 3.83. The van der Waals surface area contributed by atoms with E-state index >= 15 is 0 Å². The van der Waals surface area contributed by atoms with Gasteiger partial charge >= 0.3 is 0 Å². The molecule has 0 saturated carbocycles. The van der Waals surface area contributed by atoms with Gasteiger partial charge < -0.3 is 10.2 Å². The molecule has 0 bridgehead atoms. The molecule has 1 saturated heterocycles. The van der Waals surface area contributed by atoms with Gasteiger partial charge in [0.25, 0.3) is 0 Å². The molecule has 3 heterocycles. The van der Waals surface area contributed by atoms with Gasteiger partial charge in [0, 0.05) is 36.5 Å². The molecule has 1 aliphatic rings. The first-order chi connectivity index (χ1) is 14.1. The molecule has 1 N–H and O–H groups in total. The van der Waals surface area contributed by atoms with E-state index in [0.717, 1.165) is 18.9 Å². The van der Waals surface area contributed by atoms with E-state index in [1.165, 1.54) is 18.2 Å². The molecule has 1 unspecified atom stereocenters. The van der Waals surface area contributed by atoms with Crippen LogP contribution in [0, 0.1) is 11.6 Å². The predicted molar refractivity (Wildman–Crippen MR) is 106 cm³/mol. The Morgan fingerprint density at radius 2 is 2.21 bits per heavy atom. The van der Waals surface area contributed by atoms with Crippen LogP contribution in [0.5, 0.6) is 0 Å². The van der Waals surface area contributed by atoms with Crippen molar-refractivity contribution in [2.45, 2.75) is 25.8 Å². The molecule has 2 aromatic heterocycles. The minimum absolute atomic E-state index is 0.191. The second kappa shape index (κ2) is 7.98. The average Bonchev–Trinajstić information content (AvgIpc) is 3.35. The van der Waals surface area contributed by atoms with E-state index in [9.17, 15) is 13.6 Å². The number of fused-ring (bicyclic) bond motifs is 1. The number of rotatable bonds is 5. The zero-order valence-electron chi connectivity index (χ0n) is 16.0. The first-order valence-corrected chi connectivity index (χ1v) is 9.58. The summed E-state index contributed by atoms with van der Waals surface area (Å²) in [5.41, 5.74) is 1.63. The molecular weight excluding hydrogens is 376 g/mol. The Bertz CT molecular complexity index is 1080. The molecule has 150 valence electrons. The Hall–Kier alpha value is -3.29. The summed E-state index contributed by atoms with van der Waals surface area (Å²) in [5.74, 6) is -0.398. The lowest BCUT2D eigenvalue weighted by atomic mass is 10.0. The van der Waals surface area contributed by atoms with E-state index in [2.05, 4.69) is 10.4 Å². The van der Waals surface area contributed by atoms with Gasteiger partial charge in [0.1, 0.15) is 17.5 Å². The van der Waals surface area contributed by atoms with Crippen molar-refractivity contribution < 1.29 is 13.6 Å². The van der Waals surface area contributed by atoms with Gasteiger partial charge in [-0.25, -0.2) is 18.3 Å². The molecule has 4 rings (SSSR count). The van der Waals surface area contributed by atoms with Crippen LogP contribution < -0.4 is 10.2 Å². The Morgan fingerprint density at radius 3 is 3.03 bits per heavy atom. The molecule has 0 radical (unpaired) electrons.